The first-order valence-corrected chi connectivity index (χ1v) is 10.5. The van der Waals surface area contributed by atoms with Crippen LogP contribution in [0, 0.1) is 6.92 Å². The molecular formula is C25H19ClN4O2. The molecule has 0 aliphatic heterocycles. The molecule has 0 spiro atoms. The van der Waals surface area contributed by atoms with Gasteiger partial charge < -0.3 is 9.88 Å². The highest BCUT2D eigenvalue weighted by Crippen LogP contribution is 2.24. The third kappa shape index (κ3) is 3.44. The number of aryl methyl sites for hydroxylation is 1. The zero-order chi connectivity index (χ0) is 22.2. The number of amides is 1. The zero-order valence-electron chi connectivity index (χ0n) is 17.2. The van der Waals surface area contributed by atoms with Crippen LogP contribution in [0.25, 0.3) is 16.7 Å². The van der Waals surface area contributed by atoms with Gasteiger partial charge in [-0.2, -0.15) is 0 Å². The van der Waals surface area contributed by atoms with Gasteiger partial charge in [0.05, 0.1) is 16.1 Å². The standard InChI is InChI=1S/C25H19ClN4O2/c1-16-8-7-13-29-22(16)28-23-18(25(29)32)14-21(30(23)15-17-9-3-2-4-10-17)24(31)27-20-12-6-5-11-19(20)26/h2-14H,15H2,1H3,(H,27,31). The molecule has 2 aromatic carbocycles. The Balaban J connectivity index is 1.73. The lowest BCUT2D eigenvalue weighted by Crippen LogP contribution is -2.18. The smallest absolute Gasteiger partial charge is 0.272 e. The van der Waals surface area contributed by atoms with E-state index in [1.807, 2.05) is 49.4 Å². The molecule has 0 saturated heterocycles. The molecule has 0 aliphatic rings. The lowest BCUT2D eigenvalue weighted by molar-refractivity contribution is 0.101. The summed E-state index contributed by atoms with van der Waals surface area (Å²) in [5.41, 5.74) is 3.52. The molecule has 5 rings (SSSR count). The van der Waals surface area contributed by atoms with Crippen molar-refractivity contribution in [2.45, 2.75) is 13.5 Å². The lowest BCUT2D eigenvalue weighted by atomic mass is 10.2. The van der Waals surface area contributed by atoms with Crippen molar-refractivity contribution >= 4 is 39.9 Å². The number of carbonyl (C=O) groups excluding carboxylic acids is 1. The van der Waals surface area contributed by atoms with Crippen molar-refractivity contribution in [2.75, 3.05) is 5.32 Å². The summed E-state index contributed by atoms with van der Waals surface area (Å²) in [6, 6.07) is 22.1. The number of anilines is 1. The maximum absolute atomic E-state index is 13.3. The van der Waals surface area contributed by atoms with Gasteiger partial charge in [0.1, 0.15) is 17.0 Å². The van der Waals surface area contributed by atoms with Crippen molar-refractivity contribution in [3.8, 4) is 0 Å². The van der Waals surface area contributed by atoms with E-state index in [1.165, 1.54) is 4.40 Å². The monoisotopic (exact) mass is 442 g/mol. The molecule has 3 heterocycles. The number of rotatable bonds is 4. The van der Waals surface area contributed by atoms with Crippen molar-refractivity contribution in [2.24, 2.45) is 0 Å². The third-order valence-electron chi connectivity index (χ3n) is 5.43. The number of nitrogens with one attached hydrogen (secondary N) is 1. The third-order valence-corrected chi connectivity index (χ3v) is 5.76. The molecule has 0 atom stereocenters. The summed E-state index contributed by atoms with van der Waals surface area (Å²) in [4.78, 5) is 31.3. The van der Waals surface area contributed by atoms with Gasteiger partial charge in [-0.25, -0.2) is 4.98 Å². The van der Waals surface area contributed by atoms with E-state index in [0.29, 0.717) is 39.6 Å². The van der Waals surface area contributed by atoms with Gasteiger partial charge in [-0.3, -0.25) is 14.0 Å². The summed E-state index contributed by atoms with van der Waals surface area (Å²) >= 11 is 6.23. The predicted octanol–water partition coefficient (Wildman–Crippen LogP) is 4.91. The molecule has 0 aliphatic carbocycles. The Morgan fingerprint density at radius 1 is 1.00 bits per heavy atom. The molecule has 158 valence electrons. The molecule has 7 heteroatoms. The second-order valence-electron chi connectivity index (χ2n) is 7.57. The minimum atomic E-state index is -0.364. The van der Waals surface area contributed by atoms with Gasteiger partial charge in [0.15, 0.2) is 0 Å². The average Bonchev–Trinajstić information content (AvgIpc) is 3.16. The van der Waals surface area contributed by atoms with Crippen LogP contribution in [-0.4, -0.2) is 19.9 Å². The van der Waals surface area contributed by atoms with E-state index in [0.717, 1.165) is 11.1 Å². The van der Waals surface area contributed by atoms with Gasteiger partial charge in [-0.15, -0.1) is 0 Å². The molecule has 3 aromatic heterocycles. The minimum Gasteiger partial charge on any atom is -0.319 e. The summed E-state index contributed by atoms with van der Waals surface area (Å²) in [5, 5.41) is 3.68. The summed E-state index contributed by atoms with van der Waals surface area (Å²) in [6.45, 7) is 2.30. The maximum Gasteiger partial charge on any atom is 0.272 e. The van der Waals surface area contributed by atoms with E-state index in [9.17, 15) is 9.59 Å². The van der Waals surface area contributed by atoms with E-state index in [-0.39, 0.29) is 11.5 Å². The van der Waals surface area contributed by atoms with E-state index in [4.69, 9.17) is 16.6 Å². The van der Waals surface area contributed by atoms with Gasteiger partial charge in [0.25, 0.3) is 11.5 Å². The van der Waals surface area contributed by atoms with E-state index < -0.39 is 0 Å². The number of benzene rings is 2. The Morgan fingerprint density at radius 2 is 1.75 bits per heavy atom. The fraction of sp³-hybridized carbons (Fsp3) is 0.0800. The lowest BCUT2D eigenvalue weighted by Gasteiger charge is -2.12. The first-order chi connectivity index (χ1) is 15.5. The molecular weight excluding hydrogens is 424 g/mol. The van der Waals surface area contributed by atoms with Crippen LogP contribution in [0.3, 0.4) is 0 Å². The highest BCUT2D eigenvalue weighted by molar-refractivity contribution is 6.33. The molecule has 0 radical (unpaired) electrons. The predicted molar refractivity (Wildman–Crippen MR) is 127 cm³/mol. The number of aromatic nitrogens is 3. The summed E-state index contributed by atoms with van der Waals surface area (Å²) in [7, 11) is 0. The molecule has 5 aromatic rings. The number of fused-ring (bicyclic) bond motifs is 2. The largest absolute Gasteiger partial charge is 0.319 e. The van der Waals surface area contributed by atoms with Crippen LogP contribution in [-0.2, 0) is 6.54 Å². The summed E-state index contributed by atoms with van der Waals surface area (Å²) in [5.74, 6) is -0.364. The Hall–Kier alpha value is -3.90. The molecule has 1 N–H and O–H groups in total. The second kappa shape index (κ2) is 7.98. The fourth-order valence-electron chi connectivity index (χ4n) is 3.82. The number of halogens is 1. The number of hydrogen-bond acceptors (Lipinski definition) is 3. The van der Waals surface area contributed by atoms with E-state index in [1.54, 1.807) is 41.1 Å². The number of nitrogens with zero attached hydrogens (tertiary/aromatic N) is 3. The number of para-hydroxylation sites is 1. The van der Waals surface area contributed by atoms with Crippen molar-refractivity contribution < 1.29 is 4.79 Å². The number of hydrogen-bond donors (Lipinski definition) is 1. The van der Waals surface area contributed by atoms with Gasteiger partial charge in [0, 0.05) is 12.7 Å². The van der Waals surface area contributed by atoms with Crippen LogP contribution in [0.15, 0.2) is 83.8 Å². The Labute approximate surface area is 188 Å². The summed E-state index contributed by atoms with van der Waals surface area (Å²) in [6.07, 6.45) is 1.69. The van der Waals surface area contributed by atoms with Crippen LogP contribution >= 0.6 is 11.6 Å². The summed E-state index contributed by atoms with van der Waals surface area (Å²) < 4.78 is 3.30. The molecule has 0 unspecified atom stereocenters. The van der Waals surface area contributed by atoms with E-state index in [2.05, 4.69) is 5.32 Å². The van der Waals surface area contributed by atoms with Gasteiger partial charge in [-0.1, -0.05) is 60.1 Å². The Morgan fingerprint density at radius 3 is 2.53 bits per heavy atom. The van der Waals surface area contributed by atoms with Crippen LogP contribution in [0.5, 0.6) is 0 Å². The average molecular weight is 443 g/mol. The molecule has 0 bridgehead atoms. The van der Waals surface area contributed by atoms with Gasteiger partial charge in [-0.05, 0) is 42.3 Å². The molecule has 32 heavy (non-hydrogen) atoms. The second-order valence-corrected chi connectivity index (χ2v) is 7.98. The van der Waals surface area contributed by atoms with Crippen molar-refractivity contribution in [3.05, 3.63) is 111 Å². The van der Waals surface area contributed by atoms with Crippen molar-refractivity contribution in [3.63, 3.8) is 0 Å². The molecule has 1 amide bonds. The highest BCUT2D eigenvalue weighted by Gasteiger charge is 2.21. The fourth-order valence-corrected chi connectivity index (χ4v) is 4.01. The van der Waals surface area contributed by atoms with Gasteiger partial charge in [0.2, 0.25) is 0 Å². The van der Waals surface area contributed by atoms with Crippen LogP contribution in [0.2, 0.25) is 5.02 Å². The highest BCUT2D eigenvalue weighted by atomic mass is 35.5. The van der Waals surface area contributed by atoms with E-state index >= 15 is 0 Å². The van der Waals surface area contributed by atoms with Crippen LogP contribution < -0.4 is 10.9 Å². The first-order valence-electron chi connectivity index (χ1n) is 10.1. The Kier molecular flexibility index (Phi) is 4.99. The molecule has 0 saturated carbocycles. The Bertz CT molecular complexity index is 1540. The van der Waals surface area contributed by atoms with Crippen molar-refractivity contribution in [1.82, 2.24) is 14.0 Å². The number of pyridine rings is 1. The van der Waals surface area contributed by atoms with Crippen LogP contribution in [0.1, 0.15) is 21.6 Å². The minimum absolute atomic E-state index is 0.215. The topological polar surface area (TPSA) is 68.4 Å². The SMILES string of the molecule is Cc1cccn2c(=O)c3cc(C(=O)Nc4ccccc4Cl)n(Cc4ccccc4)c3nc12. The number of carbonyl (C=O) groups is 1. The first kappa shape index (κ1) is 20.0. The normalized spacial score (nSPS) is 11.2. The maximum atomic E-state index is 13.3. The van der Waals surface area contributed by atoms with Crippen LogP contribution in [0.4, 0.5) is 5.69 Å². The zero-order valence-corrected chi connectivity index (χ0v) is 18.0. The van der Waals surface area contributed by atoms with Gasteiger partial charge >= 0.3 is 0 Å². The molecule has 6 nitrogen and oxygen atoms in total. The molecule has 0 fully saturated rings. The quantitative estimate of drug-likeness (QED) is 0.430. The van der Waals surface area contributed by atoms with Crippen molar-refractivity contribution in [1.29, 1.82) is 0 Å².